The molecular formula is C20H19ClN6. The van der Waals surface area contributed by atoms with Crippen LogP contribution in [0.4, 0.5) is 0 Å². The molecule has 1 atom stereocenters. The lowest BCUT2D eigenvalue weighted by Gasteiger charge is -2.24. The van der Waals surface area contributed by atoms with Gasteiger partial charge in [0, 0.05) is 31.1 Å². The number of fused-ring (bicyclic) bond motifs is 1. The van der Waals surface area contributed by atoms with Gasteiger partial charge in [-0.3, -0.25) is 9.98 Å². The van der Waals surface area contributed by atoms with Gasteiger partial charge in [0.05, 0.1) is 6.33 Å². The topological polar surface area (TPSA) is 68.8 Å². The second-order valence-electron chi connectivity index (χ2n) is 7.20. The Balaban J connectivity index is 1.66. The van der Waals surface area contributed by atoms with E-state index < -0.39 is 5.54 Å². The molecule has 0 radical (unpaired) electrons. The fourth-order valence-corrected chi connectivity index (χ4v) is 4.37. The number of pyridine rings is 1. The lowest BCUT2D eigenvalue weighted by Crippen LogP contribution is -2.25. The number of aliphatic imine (C=N–C) groups is 1. The highest BCUT2D eigenvalue weighted by atomic mass is 35.5. The first-order chi connectivity index (χ1) is 13.3. The van der Waals surface area contributed by atoms with Crippen LogP contribution in [0.5, 0.6) is 0 Å². The van der Waals surface area contributed by atoms with Crippen LogP contribution in [0.2, 0.25) is 5.28 Å². The van der Waals surface area contributed by atoms with E-state index in [0.717, 1.165) is 35.3 Å². The zero-order valence-electron chi connectivity index (χ0n) is 14.8. The molecule has 1 fully saturated rings. The Kier molecular flexibility index (Phi) is 4.01. The summed E-state index contributed by atoms with van der Waals surface area (Å²) in [6, 6.07) is 4.44. The van der Waals surface area contributed by atoms with Crippen molar-refractivity contribution in [3.8, 4) is 0 Å². The summed E-state index contributed by atoms with van der Waals surface area (Å²) in [7, 11) is 0. The number of aromatic nitrogens is 5. The summed E-state index contributed by atoms with van der Waals surface area (Å²) in [6.45, 7) is 0. The van der Waals surface area contributed by atoms with Crippen LogP contribution in [-0.2, 0) is 12.0 Å². The third-order valence-corrected chi connectivity index (χ3v) is 5.68. The molecule has 0 amide bonds. The van der Waals surface area contributed by atoms with Crippen LogP contribution in [0.15, 0.2) is 48.0 Å². The quantitative estimate of drug-likeness (QED) is 0.642. The molecule has 3 aromatic heterocycles. The maximum absolute atomic E-state index is 6.35. The van der Waals surface area contributed by atoms with Crippen molar-refractivity contribution >= 4 is 29.0 Å². The predicted octanol–water partition coefficient (Wildman–Crippen LogP) is 4.07. The number of rotatable bonds is 4. The summed E-state index contributed by atoms with van der Waals surface area (Å²) < 4.78 is 2.17. The summed E-state index contributed by atoms with van der Waals surface area (Å²) in [5, 5.41) is 0.238. The van der Waals surface area contributed by atoms with Gasteiger partial charge in [0.15, 0.2) is 5.65 Å². The van der Waals surface area contributed by atoms with Crippen LogP contribution in [0, 0.1) is 0 Å². The Bertz CT molecular complexity index is 1020. The van der Waals surface area contributed by atoms with Gasteiger partial charge in [-0.2, -0.15) is 4.98 Å². The third kappa shape index (κ3) is 2.84. The molecule has 0 spiro atoms. The Hall–Kier alpha value is -2.60. The SMILES string of the molecule is Clc1nc(C2(Cc3ccncc3)C=CC=N2)c2ncn(C3CCCC3)c2n1. The minimum Gasteiger partial charge on any atom is -0.312 e. The first-order valence-corrected chi connectivity index (χ1v) is 9.65. The standard InChI is InChI=1S/C20H19ClN6/c21-19-25-17(16-18(26-19)27(13-23-16)15-4-1-2-5-15)20(8-3-9-24-20)12-14-6-10-22-11-7-14/h3,6-11,13,15H,1-2,4-5,12H2. The number of allylic oxidation sites excluding steroid dienone is 1. The van der Waals surface area contributed by atoms with Gasteiger partial charge in [-0.05, 0) is 54.3 Å². The number of hydrogen-bond donors (Lipinski definition) is 0. The minimum absolute atomic E-state index is 0.238. The largest absolute Gasteiger partial charge is 0.312 e. The van der Waals surface area contributed by atoms with Crippen molar-refractivity contribution in [3.63, 3.8) is 0 Å². The van der Waals surface area contributed by atoms with Crippen LogP contribution in [0.3, 0.4) is 0 Å². The summed E-state index contributed by atoms with van der Waals surface area (Å²) >= 11 is 6.35. The molecule has 1 aliphatic carbocycles. The van der Waals surface area contributed by atoms with Crippen molar-refractivity contribution in [2.24, 2.45) is 4.99 Å². The maximum atomic E-state index is 6.35. The highest BCUT2D eigenvalue weighted by molar-refractivity contribution is 6.28. The molecule has 3 aromatic rings. The lowest BCUT2D eigenvalue weighted by atomic mass is 9.88. The number of halogens is 1. The molecule has 0 N–H and O–H groups in total. The van der Waals surface area contributed by atoms with Crippen LogP contribution in [0.25, 0.3) is 11.2 Å². The van der Waals surface area contributed by atoms with E-state index in [-0.39, 0.29) is 5.28 Å². The molecule has 1 aliphatic heterocycles. The van der Waals surface area contributed by atoms with Crippen molar-refractivity contribution in [3.05, 3.63) is 59.5 Å². The number of imidazole rings is 1. The van der Waals surface area contributed by atoms with Gasteiger partial charge in [-0.1, -0.05) is 12.8 Å². The van der Waals surface area contributed by atoms with Crippen LogP contribution in [-0.4, -0.2) is 30.7 Å². The molecule has 2 aliphatic rings. The Morgan fingerprint density at radius 2 is 1.96 bits per heavy atom. The highest BCUT2D eigenvalue weighted by Crippen LogP contribution is 2.38. The van der Waals surface area contributed by atoms with Gasteiger partial charge in [0.1, 0.15) is 16.7 Å². The van der Waals surface area contributed by atoms with Gasteiger partial charge in [-0.15, -0.1) is 0 Å². The monoisotopic (exact) mass is 378 g/mol. The molecule has 4 heterocycles. The van der Waals surface area contributed by atoms with Gasteiger partial charge in [0.25, 0.3) is 0 Å². The smallest absolute Gasteiger partial charge is 0.224 e. The molecule has 1 saturated carbocycles. The molecule has 7 heteroatoms. The first kappa shape index (κ1) is 16.6. The fourth-order valence-electron chi connectivity index (χ4n) is 4.20. The van der Waals surface area contributed by atoms with Crippen molar-refractivity contribution in [2.45, 2.75) is 43.7 Å². The highest BCUT2D eigenvalue weighted by Gasteiger charge is 2.36. The molecule has 0 aromatic carbocycles. The van der Waals surface area contributed by atoms with E-state index >= 15 is 0 Å². The molecule has 6 nitrogen and oxygen atoms in total. The van der Waals surface area contributed by atoms with E-state index in [2.05, 4.69) is 25.6 Å². The van der Waals surface area contributed by atoms with Crippen LogP contribution >= 0.6 is 11.6 Å². The van der Waals surface area contributed by atoms with E-state index in [0.29, 0.717) is 12.5 Å². The Labute approximate surface area is 162 Å². The van der Waals surface area contributed by atoms with E-state index in [1.54, 1.807) is 12.4 Å². The predicted molar refractivity (Wildman–Crippen MR) is 105 cm³/mol. The fraction of sp³-hybridized carbons (Fsp3) is 0.350. The zero-order valence-corrected chi connectivity index (χ0v) is 15.5. The molecule has 1 unspecified atom stereocenters. The van der Waals surface area contributed by atoms with E-state index in [9.17, 15) is 0 Å². The van der Waals surface area contributed by atoms with E-state index in [4.69, 9.17) is 21.6 Å². The Morgan fingerprint density at radius 3 is 2.70 bits per heavy atom. The normalized spacial score (nSPS) is 22.3. The molecule has 136 valence electrons. The van der Waals surface area contributed by atoms with E-state index in [1.165, 1.54) is 12.8 Å². The summed E-state index contributed by atoms with van der Waals surface area (Å²) in [4.78, 5) is 22.7. The van der Waals surface area contributed by atoms with Crippen molar-refractivity contribution in [1.29, 1.82) is 0 Å². The van der Waals surface area contributed by atoms with Gasteiger partial charge < -0.3 is 4.57 Å². The van der Waals surface area contributed by atoms with Crippen LogP contribution < -0.4 is 0 Å². The second kappa shape index (κ2) is 6.53. The van der Waals surface area contributed by atoms with Crippen LogP contribution in [0.1, 0.15) is 43.0 Å². The molecule has 0 saturated heterocycles. The van der Waals surface area contributed by atoms with E-state index in [1.807, 2.05) is 30.8 Å². The summed E-state index contributed by atoms with van der Waals surface area (Å²) in [5.41, 5.74) is 2.86. The lowest BCUT2D eigenvalue weighted by molar-refractivity contribution is 0.528. The molecule has 5 rings (SSSR count). The average Bonchev–Trinajstić information content (AvgIpc) is 3.42. The summed E-state index contributed by atoms with van der Waals surface area (Å²) in [6.07, 6.45) is 16.8. The van der Waals surface area contributed by atoms with Crippen molar-refractivity contribution < 1.29 is 0 Å². The molecule has 0 bridgehead atoms. The Morgan fingerprint density at radius 1 is 1.15 bits per heavy atom. The molecule has 27 heavy (non-hydrogen) atoms. The van der Waals surface area contributed by atoms with Crippen molar-refractivity contribution in [2.75, 3.05) is 0 Å². The number of nitrogens with zero attached hydrogens (tertiary/aromatic N) is 6. The van der Waals surface area contributed by atoms with Gasteiger partial charge in [0.2, 0.25) is 5.28 Å². The van der Waals surface area contributed by atoms with Gasteiger partial charge >= 0.3 is 0 Å². The first-order valence-electron chi connectivity index (χ1n) is 9.28. The second-order valence-corrected chi connectivity index (χ2v) is 7.54. The summed E-state index contributed by atoms with van der Waals surface area (Å²) in [5.74, 6) is 0. The number of hydrogen-bond acceptors (Lipinski definition) is 5. The van der Waals surface area contributed by atoms with Gasteiger partial charge in [-0.25, -0.2) is 9.97 Å². The average molecular weight is 379 g/mol. The third-order valence-electron chi connectivity index (χ3n) is 5.51. The molecular weight excluding hydrogens is 360 g/mol. The van der Waals surface area contributed by atoms with Crippen molar-refractivity contribution in [1.82, 2.24) is 24.5 Å². The maximum Gasteiger partial charge on any atom is 0.224 e. The zero-order chi connectivity index (χ0) is 18.3. The minimum atomic E-state index is -0.624.